The lowest BCUT2D eigenvalue weighted by Gasteiger charge is -2.33. The summed E-state index contributed by atoms with van der Waals surface area (Å²) in [6, 6.07) is 6.14. The largest absolute Gasteiger partial charge is 0.385 e. The van der Waals surface area contributed by atoms with Crippen molar-refractivity contribution in [3.63, 3.8) is 0 Å². The van der Waals surface area contributed by atoms with Gasteiger partial charge in [0.05, 0.1) is 18.3 Å². The first-order chi connectivity index (χ1) is 10.8. The molecule has 3 heterocycles. The SMILES string of the molecule is COCC[C@H]1CN(C(=O)/C=C/c2cccs2)Cc2ccnn21. The quantitative estimate of drug-likeness (QED) is 0.796. The van der Waals surface area contributed by atoms with E-state index in [-0.39, 0.29) is 11.9 Å². The number of thiophene rings is 1. The van der Waals surface area contributed by atoms with Crippen LogP contribution < -0.4 is 0 Å². The van der Waals surface area contributed by atoms with Gasteiger partial charge >= 0.3 is 0 Å². The third-order valence-electron chi connectivity index (χ3n) is 3.78. The maximum absolute atomic E-state index is 12.4. The predicted molar refractivity (Wildman–Crippen MR) is 86.5 cm³/mol. The van der Waals surface area contributed by atoms with Crippen LogP contribution in [-0.4, -0.2) is 40.8 Å². The Morgan fingerprint density at radius 1 is 1.55 bits per heavy atom. The monoisotopic (exact) mass is 317 g/mol. The second-order valence-corrected chi connectivity index (χ2v) is 6.25. The number of amides is 1. The van der Waals surface area contributed by atoms with Gasteiger partial charge in [-0.2, -0.15) is 5.10 Å². The van der Waals surface area contributed by atoms with Crippen LogP contribution in [0.5, 0.6) is 0 Å². The van der Waals surface area contributed by atoms with Gasteiger partial charge in [-0.3, -0.25) is 9.48 Å². The van der Waals surface area contributed by atoms with E-state index in [0.29, 0.717) is 19.7 Å². The van der Waals surface area contributed by atoms with Crippen LogP contribution in [0.25, 0.3) is 6.08 Å². The van der Waals surface area contributed by atoms with Gasteiger partial charge in [-0.05, 0) is 30.0 Å². The minimum Gasteiger partial charge on any atom is -0.385 e. The predicted octanol–water partition coefficient (Wildman–Crippen LogP) is 2.58. The van der Waals surface area contributed by atoms with Crippen LogP contribution in [0.3, 0.4) is 0 Å². The Labute approximate surface area is 133 Å². The number of carbonyl (C=O) groups is 1. The molecular formula is C16H19N3O2S. The summed E-state index contributed by atoms with van der Waals surface area (Å²) in [6.45, 7) is 1.94. The van der Waals surface area contributed by atoms with Gasteiger partial charge in [-0.25, -0.2) is 0 Å². The molecule has 0 fully saturated rings. The fourth-order valence-corrected chi connectivity index (χ4v) is 3.29. The van der Waals surface area contributed by atoms with E-state index in [2.05, 4.69) is 5.10 Å². The molecule has 0 radical (unpaired) electrons. The van der Waals surface area contributed by atoms with E-state index < -0.39 is 0 Å². The summed E-state index contributed by atoms with van der Waals surface area (Å²) in [4.78, 5) is 15.4. The number of hydrogen-bond donors (Lipinski definition) is 0. The summed E-state index contributed by atoms with van der Waals surface area (Å²) in [5.74, 6) is 0.0447. The highest BCUT2D eigenvalue weighted by atomic mass is 32.1. The van der Waals surface area contributed by atoms with Crippen molar-refractivity contribution in [2.75, 3.05) is 20.3 Å². The average Bonchev–Trinajstić information content (AvgIpc) is 3.20. The third kappa shape index (κ3) is 3.28. The Hall–Kier alpha value is -1.92. The van der Waals surface area contributed by atoms with Crippen molar-refractivity contribution in [2.24, 2.45) is 0 Å². The van der Waals surface area contributed by atoms with Gasteiger partial charge in [0, 0.05) is 37.4 Å². The Kier molecular flexibility index (Phi) is 4.70. The highest BCUT2D eigenvalue weighted by molar-refractivity contribution is 7.10. The van der Waals surface area contributed by atoms with Crippen molar-refractivity contribution >= 4 is 23.3 Å². The van der Waals surface area contributed by atoms with Gasteiger partial charge in [0.1, 0.15) is 0 Å². The Balaban J connectivity index is 1.71. The van der Waals surface area contributed by atoms with E-state index in [1.54, 1.807) is 30.7 Å². The minimum atomic E-state index is 0.0447. The molecule has 1 aliphatic heterocycles. The van der Waals surface area contributed by atoms with Gasteiger partial charge in [0.15, 0.2) is 0 Å². The van der Waals surface area contributed by atoms with E-state index in [4.69, 9.17) is 4.74 Å². The van der Waals surface area contributed by atoms with Crippen molar-refractivity contribution < 1.29 is 9.53 Å². The number of hydrogen-bond acceptors (Lipinski definition) is 4. The summed E-state index contributed by atoms with van der Waals surface area (Å²) in [5, 5.41) is 6.38. The number of aromatic nitrogens is 2. The molecule has 6 heteroatoms. The molecule has 0 spiro atoms. The Morgan fingerprint density at radius 3 is 3.23 bits per heavy atom. The maximum atomic E-state index is 12.4. The smallest absolute Gasteiger partial charge is 0.247 e. The van der Waals surface area contributed by atoms with Crippen LogP contribution in [0.1, 0.15) is 23.0 Å². The standard InChI is InChI=1S/C16H19N3O2S/c1-21-9-7-14-12-18(11-13-6-8-17-19(13)14)16(20)5-4-15-3-2-10-22-15/h2-6,8,10,14H,7,9,11-12H2,1H3/b5-4+/t14-/m0/s1. The molecule has 22 heavy (non-hydrogen) atoms. The molecule has 0 bridgehead atoms. The van der Waals surface area contributed by atoms with Crippen LogP contribution in [0.15, 0.2) is 35.9 Å². The van der Waals surface area contributed by atoms with Gasteiger partial charge in [-0.1, -0.05) is 6.07 Å². The second kappa shape index (κ2) is 6.89. The fourth-order valence-electron chi connectivity index (χ4n) is 2.67. The second-order valence-electron chi connectivity index (χ2n) is 5.27. The third-order valence-corrected chi connectivity index (χ3v) is 4.62. The number of methoxy groups -OCH3 is 1. The van der Waals surface area contributed by atoms with Crippen LogP contribution in [-0.2, 0) is 16.1 Å². The topological polar surface area (TPSA) is 47.4 Å². The van der Waals surface area contributed by atoms with E-state index in [1.165, 1.54) is 0 Å². The van der Waals surface area contributed by atoms with E-state index in [0.717, 1.165) is 17.0 Å². The minimum absolute atomic E-state index is 0.0447. The molecule has 0 saturated heterocycles. The molecule has 3 rings (SSSR count). The van der Waals surface area contributed by atoms with Crippen LogP contribution in [0, 0.1) is 0 Å². The average molecular weight is 317 g/mol. The van der Waals surface area contributed by atoms with Crippen molar-refractivity contribution in [1.82, 2.24) is 14.7 Å². The van der Waals surface area contributed by atoms with E-state index >= 15 is 0 Å². The normalized spacial score (nSPS) is 17.9. The summed E-state index contributed by atoms with van der Waals surface area (Å²) in [5.41, 5.74) is 1.07. The zero-order chi connectivity index (χ0) is 15.4. The number of nitrogens with zero attached hydrogens (tertiary/aromatic N) is 3. The molecule has 1 amide bonds. The summed E-state index contributed by atoms with van der Waals surface area (Å²) < 4.78 is 7.19. The van der Waals surface area contributed by atoms with Gasteiger partial charge < -0.3 is 9.64 Å². The first kappa shape index (κ1) is 15.0. The van der Waals surface area contributed by atoms with Crippen LogP contribution >= 0.6 is 11.3 Å². The molecule has 0 unspecified atom stereocenters. The maximum Gasteiger partial charge on any atom is 0.247 e. The fraction of sp³-hybridized carbons (Fsp3) is 0.375. The van der Waals surface area contributed by atoms with Crippen molar-refractivity contribution in [2.45, 2.75) is 19.0 Å². The molecule has 5 nitrogen and oxygen atoms in total. The van der Waals surface area contributed by atoms with Gasteiger partial charge in [0.2, 0.25) is 5.91 Å². The zero-order valence-corrected chi connectivity index (χ0v) is 13.3. The van der Waals surface area contributed by atoms with Crippen molar-refractivity contribution in [3.05, 3.63) is 46.4 Å². The zero-order valence-electron chi connectivity index (χ0n) is 12.5. The van der Waals surface area contributed by atoms with Crippen molar-refractivity contribution in [1.29, 1.82) is 0 Å². The lowest BCUT2D eigenvalue weighted by molar-refractivity contribution is -0.128. The number of carbonyl (C=O) groups excluding carboxylic acids is 1. The summed E-state index contributed by atoms with van der Waals surface area (Å²) in [6.07, 6.45) is 6.18. The number of ether oxygens (including phenoxy) is 1. The Morgan fingerprint density at radius 2 is 2.45 bits per heavy atom. The number of rotatable bonds is 5. The molecule has 0 aromatic carbocycles. The van der Waals surface area contributed by atoms with Crippen LogP contribution in [0.2, 0.25) is 0 Å². The first-order valence-corrected chi connectivity index (χ1v) is 8.17. The summed E-state index contributed by atoms with van der Waals surface area (Å²) >= 11 is 1.62. The first-order valence-electron chi connectivity index (χ1n) is 7.30. The van der Waals surface area contributed by atoms with Gasteiger partial charge in [0.25, 0.3) is 0 Å². The molecule has 0 aliphatic carbocycles. The highest BCUT2D eigenvalue weighted by Gasteiger charge is 2.27. The molecule has 1 atom stereocenters. The lowest BCUT2D eigenvalue weighted by Crippen LogP contribution is -2.40. The van der Waals surface area contributed by atoms with Crippen LogP contribution in [0.4, 0.5) is 0 Å². The van der Waals surface area contributed by atoms with Gasteiger partial charge in [-0.15, -0.1) is 11.3 Å². The Bertz CT molecular complexity index is 648. The molecule has 0 N–H and O–H groups in total. The molecule has 2 aromatic heterocycles. The van der Waals surface area contributed by atoms with E-state index in [9.17, 15) is 4.79 Å². The van der Waals surface area contributed by atoms with Crippen molar-refractivity contribution in [3.8, 4) is 0 Å². The van der Waals surface area contributed by atoms with E-state index in [1.807, 2.05) is 39.2 Å². The summed E-state index contributed by atoms with van der Waals surface area (Å²) in [7, 11) is 1.69. The molecule has 2 aromatic rings. The highest BCUT2D eigenvalue weighted by Crippen LogP contribution is 2.23. The molecule has 116 valence electrons. The number of fused-ring (bicyclic) bond motifs is 1. The lowest BCUT2D eigenvalue weighted by atomic mass is 10.1. The molecule has 0 saturated carbocycles. The molecule has 1 aliphatic rings. The molecular weight excluding hydrogens is 298 g/mol.